The Bertz CT molecular complexity index is 486. The number of amidine groups is 1. The lowest BCUT2D eigenvalue weighted by Crippen LogP contribution is -2.43. The van der Waals surface area contributed by atoms with Crippen LogP contribution in [0.5, 0.6) is 0 Å². The summed E-state index contributed by atoms with van der Waals surface area (Å²) in [5, 5.41) is 5.64. The maximum Gasteiger partial charge on any atom is 0.165 e. The van der Waals surface area contributed by atoms with Gasteiger partial charge in [0.2, 0.25) is 0 Å². The van der Waals surface area contributed by atoms with Crippen LogP contribution in [-0.2, 0) is 9.53 Å². The van der Waals surface area contributed by atoms with E-state index >= 15 is 0 Å². The van der Waals surface area contributed by atoms with Crippen LogP contribution >= 0.6 is 0 Å². The molecule has 1 atom stereocenters. The summed E-state index contributed by atoms with van der Waals surface area (Å²) < 4.78 is 5.15. The third-order valence-corrected chi connectivity index (χ3v) is 2.41. The fourth-order valence-electron chi connectivity index (χ4n) is 1.58. The van der Waals surface area contributed by atoms with Crippen molar-refractivity contribution in [3.8, 4) is 0 Å². The fraction of sp³-hybridized carbons (Fsp3) is 0.364. The first-order chi connectivity index (χ1) is 7.93. The summed E-state index contributed by atoms with van der Waals surface area (Å²) in [4.78, 5) is 15.7. The number of carbonyl (C=O) groups excluding carboxylic acids is 1. The Labute approximate surface area is 99.1 Å². The molecule has 0 fully saturated rings. The highest BCUT2D eigenvalue weighted by molar-refractivity contribution is 6.05. The van der Waals surface area contributed by atoms with Gasteiger partial charge in [0.05, 0.1) is 18.9 Å². The van der Waals surface area contributed by atoms with Crippen molar-refractivity contribution in [2.45, 2.75) is 19.5 Å². The molecular weight excluding hydrogens is 220 g/mol. The standard InChI is InChI=1S/C11H14N4O2/c1-7(16)8-5-15-10(4-9(8)17-3)14-11(2,12)6-13-15/h4-6H,12H2,1-3H3. The minimum Gasteiger partial charge on any atom is -0.496 e. The van der Waals surface area contributed by atoms with E-state index < -0.39 is 5.66 Å². The Kier molecular flexibility index (Phi) is 2.59. The molecule has 1 unspecified atom stereocenters. The topological polar surface area (TPSA) is 80.3 Å². The number of fused-ring (bicyclic) bond motifs is 1. The Morgan fingerprint density at radius 3 is 2.88 bits per heavy atom. The molecule has 0 aromatic rings. The second-order valence-corrected chi connectivity index (χ2v) is 4.10. The minimum absolute atomic E-state index is 0.0894. The summed E-state index contributed by atoms with van der Waals surface area (Å²) in [7, 11) is 1.51. The van der Waals surface area contributed by atoms with Crippen LogP contribution in [0.25, 0.3) is 0 Å². The molecule has 0 radical (unpaired) electrons. The summed E-state index contributed by atoms with van der Waals surface area (Å²) in [6.45, 7) is 3.22. The molecule has 0 aromatic carbocycles. The molecule has 2 aliphatic heterocycles. The molecule has 90 valence electrons. The number of hydrogen-bond acceptors (Lipinski definition) is 6. The average Bonchev–Trinajstić information content (AvgIpc) is 2.25. The van der Waals surface area contributed by atoms with Gasteiger partial charge in [-0.2, -0.15) is 5.10 Å². The van der Waals surface area contributed by atoms with Crippen LogP contribution in [0.4, 0.5) is 0 Å². The number of ketones is 1. The predicted molar refractivity (Wildman–Crippen MR) is 64.2 cm³/mol. The van der Waals surface area contributed by atoms with Gasteiger partial charge >= 0.3 is 0 Å². The van der Waals surface area contributed by atoms with Crippen molar-refractivity contribution in [2.24, 2.45) is 15.8 Å². The van der Waals surface area contributed by atoms with E-state index in [1.807, 2.05) is 0 Å². The fourth-order valence-corrected chi connectivity index (χ4v) is 1.58. The van der Waals surface area contributed by atoms with Gasteiger partial charge in [-0.1, -0.05) is 0 Å². The van der Waals surface area contributed by atoms with Crippen LogP contribution in [0.3, 0.4) is 0 Å². The van der Waals surface area contributed by atoms with Gasteiger partial charge in [-0.05, 0) is 13.8 Å². The number of hydrogen-bond donors (Lipinski definition) is 1. The number of nitrogens with zero attached hydrogens (tertiary/aromatic N) is 3. The van der Waals surface area contributed by atoms with Gasteiger partial charge in [0.15, 0.2) is 11.6 Å². The van der Waals surface area contributed by atoms with Crippen LogP contribution in [0, 0.1) is 0 Å². The van der Waals surface area contributed by atoms with Gasteiger partial charge in [-0.3, -0.25) is 4.79 Å². The van der Waals surface area contributed by atoms with Gasteiger partial charge in [0, 0.05) is 12.3 Å². The smallest absolute Gasteiger partial charge is 0.165 e. The zero-order valence-corrected chi connectivity index (χ0v) is 9.97. The SMILES string of the molecule is COC1=CC2=NC(C)(N)C=NN2C=C1C(C)=O. The molecule has 2 N–H and O–H groups in total. The Morgan fingerprint density at radius 2 is 2.29 bits per heavy atom. The molecule has 6 nitrogen and oxygen atoms in total. The average molecular weight is 234 g/mol. The third-order valence-electron chi connectivity index (χ3n) is 2.41. The van der Waals surface area contributed by atoms with E-state index in [1.54, 1.807) is 19.2 Å². The highest BCUT2D eigenvalue weighted by Crippen LogP contribution is 2.22. The highest BCUT2D eigenvalue weighted by atomic mass is 16.5. The first-order valence-electron chi connectivity index (χ1n) is 5.15. The first-order valence-corrected chi connectivity index (χ1v) is 5.15. The lowest BCUT2D eigenvalue weighted by Gasteiger charge is -2.29. The number of allylic oxidation sites excluding steroid dienone is 1. The Balaban J connectivity index is 2.44. The normalized spacial score (nSPS) is 26.8. The van der Waals surface area contributed by atoms with E-state index in [-0.39, 0.29) is 5.78 Å². The molecule has 0 saturated heterocycles. The number of aliphatic imine (C=N–C) groups is 1. The molecule has 0 aromatic heterocycles. The van der Waals surface area contributed by atoms with Gasteiger partial charge in [-0.15, -0.1) is 0 Å². The van der Waals surface area contributed by atoms with Crippen molar-refractivity contribution in [3.05, 3.63) is 23.6 Å². The minimum atomic E-state index is -0.831. The van der Waals surface area contributed by atoms with Gasteiger partial charge in [-0.25, -0.2) is 10.0 Å². The largest absolute Gasteiger partial charge is 0.496 e. The molecule has 0 saturated carbocycles. The molecule has 0 bridgehead atoms. The summed E-state index contributed by atoms with van der Waals surface area (Å²) >= 11 is 0. The quantitative estimate of drug-likeness (QED) is 0.749. The van der Waals surface area contributed by atoms with Gasteiger partial charge < -0.3 is 10.5 Å². The number of methoxy groups -OCH3 is 1. The molecule has 0 amide bonds. The van der Waals surface area contributed by atoms with Crippen molar-refractivity contribution in [1.82, 2.24) is 5.01 Å². The van der Waals surface area contributed by atoms with E-state index in [0.717, 1.165) is 0 Å². The zero-order chi connectivity index (χ0) is 12.6. The van der Waals surface area contributed by atoms with Crippen molar-refractivity contribution < 1.29 is 9.53 Å². The number of hydrazone groups is 1. The molecule has 17 heavy (non-hydrogen) atoms. The predicted octanol–water partition coefficient (Wildman–Crippen LogP) is 0.378. The summed E-state index contributed by atoms with van der Waals surface area (Å²) in [6, 6.07) is 0. The summed E-state index contributed by atoms with van der Waals surface area (Å²) in [5.74, 6) is 0.938. The number of carbonyl (C=O) groups is 1. The molecule has 2 heterocycles. The second-order valence-electron chi connectivity index (χ2n) is 4.10. The highest BCUT2D eigenvalue weighted by Gasteiger charge is 2.27. The molecular formula is C11H14N4O2. The van der Waals surface area contributed by atoms with Crippen LogP contribution in [0.1, 0.15) is 13.8 Å². The maximum atomic E-state index is 11.4. The van der Waals surface area contributed by atoms with Crippen LogP contribution in [0.15, 0.2) is 33.7 Å². The van der Waals surface area contributed by atoms with Crippen molar-refractivity contribution in [2.75, 3.05) is 7.11 Å². The van der Waals surface area contributed by atoms with Crippen LogP contribution in [-0.4, -0.2) is 35.6 Å². The Hall–Kier alpha value is -1.95. The molecule has 6 heteroatoms. The summed E-state index contributed by atoms with van der Waals surface area (Å²) in [5.41, 5.74) is 5.48. The van der Waals surface area contributed by atoms with Crippen LogP contribution in [0.2, 0.25) is 0 Å². The maximum absolute atomic E-state index is 11.4. The van der Waals surface area contributed by atoms with E-state index in [9.17, 15) is 4.79 Å². The Morgan fingerprint density at radius 1 is 1.59 bits per heavy atom. The monoisotopic (exact) mass is 234 g/mol. The molecule has 0 aliphatic carbocycles. The summed E-state index contributed by atoms with van der Waals surface area (Å²) in [6.07, 6.45) is 4.76. The van der Waals surface area contributed by atoms with E-state index in [2.05, 4.69) is 10.1 Å². The van der Waals surface area contributed by atoms with E-state index in [1.165, 1.54) is 25.3 Å². The van der Waals surface area contributed by atoms with Crippen molar-refractivity contribution >= 4 is 17.8 Å². The van der Waals surface area contributed by atoms with E-state index in [4.69, 9.17) is 10.5 Å². The number of rotatable bonds is 2. The van der Waals surface area contributed by atoms with Crippen molar-refractivity contribution in [1.29, 1.82) is 0 Å². The molecule has 0 spiro atoms. The number of nitrogens with two attached hydrogens (primary N) is 1. The first kappa shape index (κ1) is 11.5. The number of ether oxygens (including phenoxy) is 1. The van der Waals surface area contributed by atoms with Crippen LogP contribution < -0.4 is 5.73 Å². The van der Waals surface area contributed by atoms with Gasteiger partial charge in [0.1, 0.15) is 11.4 Å². The number of Topliss-reactive ketones (excluding diaryl/α,β-unsaturated/α-hetero) is 1. The van der Waals surface area contributed by atoms with Crippen molar-refractivity contribution in [3.63, 3.8) is 0 Å². The second kappa shape index (κ2) is 3.81. The lowest BCUT2D eigenvalue weighted by atomic mass is 10.1. The van der Waals surface area contributed by atoms with Gasteiger partial charge in [0.25, 0.3) is 0 Å². The third kappa shape index (κ3) is 2.12. The lowest BCUT2D eigenvalue weighted by molar-refractivity contribution is -0.113. The van der Waals surface area contributed by atoms with E-state index in [0.29, 0.717) is 17.2 Å². The molecule has 2 aliphatic rings. The molecule has 2 rings (SSSR count). The zero-order valence-electron chi connectivity index (χ0n) is 9.97.